The number of amides is 1. The highest BCUT2D eigenvalue weighted by Gasteiger charge is 2.41. The highest BCUT2D eigenvalue weighted by Crippen LogP contribution is 2.48. The summed E-state index contributed by atoms with van der Waals surface area (Å²) in [4.78, 5) is 44.8. The molecule has 2 N–H and O–H groups in total. The molecule has 0 spiro atoms. The number of nitrogens with one attached hydrogen (secondary N) is 1. The molecule has 39 heavy (non-hydrogen) atoms. The summed E-state index contributed by atoms with van der Waals surface area (Å²) in [6.07, 6.45) is 3.53. The molecule has 0 fully saturated rings. The summed E-state index contributed by atoms with van der Waals surface area (Å²) in [5.74, 6) is -0.472. The van der Waals surface area contributed by atoms with Gasteiger partial charge >= 0.3 is 5.97 Å². The number of carbonyl (C=O) groups excluding carboxylic acids is 2. The van der Waals surface area contributed by atoms with Crippen molar-refractivity contribution < 1.29 is 29.0 Å². The summed E-state index contributed by atoms with van der Waals surface area (Å²) >= 11 is 0. The van der Waals surface area contributed by atoms with E-state index in [2.05, 4.69) is 10.3 Å². The normalized spacial score (nSPS) is 18.4. The zero-order valence-electron chi connectivity index (χ0n) is 21.7. The van der Waals surface area contributed by atoms with Crippen molar-refractivity contribution in [2.24, 2.45) is 0 Å². The van der Waals surface area contributed by atoms with Crippen molar-refractivity contribution in [1.82, 2.24) is 4.98 Å². The Kier molecular flexibility index (Phi) is 7.31. The highest BCUT2D eigenvalue weighted by atomic mass is 16.5. The van der Waals surface area contributed by atoms with E-state index in [1.165, 1.54) is 0 Å². The number of hydrogen-bond acceptors (Lipinski definition) is 7. The van der Waals surface area contributed by atoms with E-state index in [1.807, 2.05) is 42.5 Å². The van der Waals surface area contributed by atoms with Gasteiger partial charge in [-0.15, -0.1) is 0 Å². The molecule has 0 bridgehead atoms. The number of anilines is 2. The summed E-state index contributed by atoms with van der Waals surface area (Å²) in [6.45, 7) is 0. The number of carbonyl (C=O) groups is 3. The van der Waals surface area contributed by atoms with Crippen LogP contribution in [0.1, 0.15) is 48.8 Å². The van der Waals surface area contributed by atoms with Gasteiger partial charge in [-0.3, -0.25) is 24.3 Å². The second kappa shape index (κ2) is 11.0. The number of ketones is 1. The van der Waals surface area contributed by atoms with E-state index < -0.39 is 12.0 Å². The number of aliphatic carboxylic acids is 1. The molecule has 9 heteroatoms. The summed E-state index contributed by atoms with van der Waals surface area (Å²) in [7, 11) is 3.15. The Bertz CT molecular complexity index is 1450. The molecule has 1 aliphatic heterocycles. The van der Waals surface area contributed by atoms with Gasteiger partial charge in [0.15, 0.2) is 17.3 Å². The van der Waals surface area contributed by atoms with Crippen LogP contribution in [0.15, 0.2) is 78.3 Å². The molecular weight excluding hydrogens is 498 g/mol. The number of nitrogens with zero attached hydrogens (tertiary/aromatic N) is 2. The van der Waals surface area contributed by atoms with Crippen molar-refractivity contribution in [1.29, 1.82) is 0 Å². The minimum absolute atomic E-state index is 0.0961. The summed E-state index contributed by atoms with van der Waals surface area (Å²) in [5, 5.41) is 12.7. The van der Waals surface area contributed by atoms with Gasteiger partial charge in [-0.2, -0.15) is 0 Å². The van der Waals surface area contributed by atoms with Crippen molar-refractivity contribution in [3.05, 3.63) is 89.4 Å². The first-order chi connectivity index (χ1) is 18.9. The van der Waals surface area contributed by atoms with Gasteiger partial charge in [0.25, 0.3) is 0 Å². The Morgan fingerprint density at radius 1 is 1.00 bits per heavy atom. The van der Waals surface area contributed by atoms with Crippen LogP contribution in [0.3, 0.4) is 0 Å². The standard InChI is InChI=1S/C30H29N3O6/c1-38-25-10-9-18(16-26(25)39-2)20-14-22-29(24(34)15-20)30(19-6-5-13-31-17-19)33(27(35)11-12-28(36)37)23-8-4-3-7-21(23)32-22/h3-10,13,16-17,20,30,32H,11-12,14-15H2,1-2H3,(H,36,37)/t20-,30-/m1/s1. The van der Waals surface area contributed by atoms with Crippen LogP contribution in [-0.4, -0.2) is 42.0 Å². The third-order valence-corrected chi connectivity index (χ3v) is 7.19. The maximum absolute atomic E-state index is 14.0. The van der Waals surface area contributed by atoms with Crippen LogP contribution in [-0.2, 0) is 14.4 Å². The lowest BCUT2D eigenvalue weighted by atomic mass is 9.78. The second-order valence-electron chi connectivity index (χ2n) is 9.52. The second-order valence-corrected chi connectivity index (χ2v) is 9.52. The number of para-hydroxylation sites is 2. The molecule has 1 amide bonds. The zero-order chi connectivity index (χ0) is 27.5. The average Bonchev–Trinajstić information content (AvgIpc) is 3.10. The fourth-order valence-corrected chi connectivity index (χ4v) is 5.40. The Morgan fingerprint density at radius 3 is 2.51 bits per heavy atom. The Balaban J connectivity index is 1.64. The van der Waals surface area contributed by atoms with Crippen LogP contribution >= 0.6 is 0 Å². The molecule has 0 unspecified atom stereocenters. The minimum atomic E-state index is -1.06. The van der Waals surface area contributed by atoms with Crippen molar-refractivity contribution >= 4 is 29.0 Å². The number of ether oxygens (including phenoxy) is 2. The molecule has 3 aromatic rings. The van der Waals surface area contributed by atoms with Crippen LogP contribution in [0.5, 0.6) is 11.5 Å². The number of allylic oxidation sites excluding steroid dienone is 1. The maximum Gasteiger partial charge on any atom is 0.303 e. The first kappa shape index (κ1) is 26.0. The van der Waals surface area contributed by atoms with Crippen molar-refractivity contribution in [3.63, 3.8) is 0 Å². The van der Waals surface area contributed by atoms with Crippen LogP contribution < -0.4 is 19.7 Å². The molecule has 9 nitrogen and oxygen atoms in total. The molecule has 1 aliphatic carbocycles. The third kappa shape index (κ3) is 5.07. The lowest BCUT2D eigenvalue weighted by Crippen LogP contribution is -2.38. The van der Waals surface area contributed by atoms with E-state index in [-0.39, 0.29) is 36.9 Å². The van der Waals surface area contributed by atoms with Crippen molar-refractivity contribution in [2.75, 3.05) is 24.4 Å². The Labute approximate surface area is 226 Å². The molecular formula is C30H29N3O6. The fourth-order valence-electron chi connectivity index (χ4n) is 5.40. The number of benzene rings is 2. The Hall–Kier alpha value is -4.66. The van der Waals surface area contributed by atoms with Gasteiger partial charge in [0.1, 0.15) is 0 Å². The number of fused-ring (bicyclic) bond motifs is 1. The van der Waals surface area contributed by atoms with E-state index in [1.54, 1.807) is 43.6 Å². The number of pyridine rings is 1. The molecule has 0 saturated carbocycles. The molecule has 2 aromatic carbocycles. The predicted molar refractivity (Wildman–Crippen MR) is 145 cm³/mol. The van der Waals surface area contributed by atoms with Gasteiger partial charge in [-0.1, -0.05) is 24.3 Å². The lowest BCUT2D eigenvalue weighted by Gasteiger charge is -2.35. The topological polar surface area (TPSA) is 118 Å². The number of rotatable bonds is 7. The molecule has 2 heterocycles. The first-order valence-electron chi connectivity index (χ1n) is 12.7. The van der Waals surface area contributed by atoms with Gasteiger partial charge in [0.05, 0.1) is 38.1 Å². The smallest absolute Gasteiger partial charge is 0.303 e. The molecule has 5 rings (SSSR count). The van der Waals surface area contributed by atoms with Crippen molar-refractivity contribution in [2.45, 2.75) is 37.6 Å². The van der Waals surface area contributed by atoms with Gasteiger partial charge < -0.3 is 19.9 Å². The molecule has 2 aliphatic rings. The summed E-state index contributed by atoms with van der Waals surface area (Å²) < 4.78 is 10.9. The quantitative estimate of drug-likeness (QED) is 0.447. The fraction of sp³-hybridized carbons (Fsp3) is 0.267. The largest absolute Gasteiger partial charge is 0.493 e. The third-order valence-electron chi connectivity index (χ3n) is 7.19. The molecule has 200 valence electrons. The Morgan fingerprint density at radius 2 is 1.79 bits per heavy atom. The SMILES string of the molecule is COc1ccc([C@H]2CC(=O)C3=C(C2)Nc2ccccc2N(C(=O)CCC(=O)O)[C@@H]3c2cccnc2)cc1OC. The van der Waals surface area contributed by atoms with Gasteiger partial charge in [0.2, 0.25) is 5.91 Å². The van der Waals surface area contributed by atoms with Crippen molar-refractivity contribution in [3.8, 4) is 11.5 Å². The summed E-state index contributed by atoms with van der Waals surface area (Å²) in [5.41, 5.74) is 4.07. The number of methoxy groups -OCH3 is 2. The van der Waals surface area contributed by atoms with Gasteiger partial charge in [0, 0.05) is 36.5 Å². The number of hydrogen-bond donors (Lipinski definition) is 2. The predicted octanol–water partition coefficient (Wildman–Crippen LogP) is 4.86. The van der Waals surface area contributed by atoms with Crippen LogP contribution in [0.2, 0.25) is 0 Å². The average molecular weight is 528 g/mol. The number of carboxylic acids is 1. The number of aromatic nitrogens is 1. The van der Waals surface area contributed by atoms with E-state index in [9.17, 15) is 19.5 Å². The number of Topliss-reactive ketones (excluding diaryl/α,β-unsaturated/α-hetero) is 1. The maximum atomic E-state index is 14.0. The van der Waals surface area contributed by atoms with Crippen LogP contribution in [0.25, 0.3) is 0 Å². The number of carboxylic acid groups (broad SMARTS) is 1. The summed E-state index contributed by atoms with van der Waals surface area (Å²) in [6, 6.07) is 15.8. The lowest BCUT2D eigenvalue weighted by molar-refractivity contribution is -0.138. The molecule has 0 radical (unpaired) electrons. The monoisotopic (exact) mass is 527 g/mol. The van der Waals surface area contributed by atoms with Crippen LogP contribution in [0, 0.1) is 0 Å². The molecule has 2 atom stereocenters. The van der Waals surface area contributed by atoms with E-state index in [0.717, 1.165) is 11.3 Å². The van der Waals surface area contributed by atoms with Crippen LogP contribution in [0.4, 0.5) is 11.4 Å². The van der Waals surface area contributed by atoms with E-state index in [4.69, 9.17) is 9.47 Å². The highest BCUT2D eigenvalue weighted by molar-refractivity contribution is 6.06. The molecule has 0 saturated heterocycles. The van der Waals surface area contributed by atoms with E-state index >= 15 is 0 Å². The zero-order valence-corrected chi connectivity index (χ0v) is 21.7. The van der Waals surface area contributed by atoms with Gasteiger partial charge in [-0.05, 0) is 53.8 Å². The minimum Gasteiger partial charge on any atom is -0.493 e. The van der Waals surface area contributed by atoms with Gasteiger partial charge in [-0.25, -0.2) is 0 Å². The van der Waals surface area contributed by atoms with E-state index in [0.29, 0.717) is 40.4 Å². The molecule has 1 aromatic heterocycles. The first-order valence-corrected chi connectivity index (χ1v) is 12.7.